The average molecular weight is 759 g/mol. The highest BCUT2D eigenvalue weighted by molar-refractivity contribution is 5.69. The molecule has 4 fully saturated rings. The van der Waals surface area contributed by atoms with E-state index in [0.29, 0.717) is 17.8 Å². The summed E-state index contributed by atoms with van der Waals surface area (Å²) in [7, 11) is 0. The number of esters is 1. The van der Waals surface area contributed by atoms with Crippen LogP contribution in [-0.4, -0.2) is 64.7 Å². The molecule has 13 atom stereocenters. The highest BCUT2D eigenvalue weighted by Crippen LogP contribution is 2.67. The molecular formula is C47H82O7. The number of rotatable bonds is 21. The van der Waals surface area contributed by atoms with E-state index in [0.717, 1.165) is 74.5 Å². The lowest BCUT2D eigenvalue weighted by atomic mass is 9.47. The monoisotopic (exact) mass is 759 g/mol. The van der Waals surface area contributed by atoms with Crippen molar-refractivity contribution in [2.75, 3.05) is 6.61 Å². The summed E-state index contributed by atoms with van der Waals surface area (Å²) in [6, 6.07) is 0. The van der Waals surface area contributed by atoms with Crippen LogP contribution in [-0.2, 0) is 19.0 Å². The number of hydrogen-bond donors (Lipinski definition) is 3. The first-order valence-electron chi connectivity index (χ1n) is 23.1. The fourth-order valence-electron chi connectivity index (χ4n) is 12.3. The quantitative estimate of drug-likeness (QED) is 0.0608. The van der Waals surface area contributed by atoms with Gasteiger partial charge in [0.15, 0.2) is 6.29 Å². The molecule has 4 aliphatic carbocycles. The number of ether oxygens (including phenoxy) is 3. The van der Waals surface area contributed by atoms with Crippen molar-refractivity contribution >= 4 is 5.97 Å². The molecule has 3 saturated carbocycles. The van der Waals surface area contributed by atoms with Crippen molar-refractivity contribution < 1.29 is 34.3 Å². The van der Waals surface area contributed by atoms with E-state index in [4.69, 9.17) is 14.2 Å². The molecule has 54 heavy (non-hydrogen) atoms. The Morgan fingerprint density at radius 2 is 1.50 bits per heavy atom. The molecule has 3 N–H and O–H groups in total. The number of aliphatic hydroxyl groups is 3. The predicted molar refractivity (Wildman–Crippen MR) is 217 cm³/mol. The van der Waals surface area contributed by atoms with Crippen molar-refractivity contribution in [1.82, 2.24) is 0 Å². The van der Waals surface area contributed by atoms with Crippen LogP contribution >= 0.6 is 0 Å². The Balaban J connectivity index is 1.06. The Bertz CT molecular complexity index is 1170. The van der Waals surface area contributed by atoms with E-state index < -0.39 is 30.7 Å². The van der Waals surface area contributed by atoms with Gasteiger partial charge in [-0.3, -0.25) is 4.79 Å². The smallest absolute Gasteiger partial charge is 0.305 e. The van der Waals surface area contributed by atoms with Crippen LogP contribution < -0.4 is 0 Å². The first-order valence-corrected chi connectivity index (χ1v) is 23.1. The zero-order chi connectivity index (χ0) is 38.9. The van der Waals surface area contributed by atoms with Crippen LogP contribution in [0.25, 0.3) is 0 Å². The van der Waals surface area contributed by atoms with Gasteiger partial charge >= 0.3 is 5.97 Å². The average Bonchev–Trinajstić information content (AvgIpc) is 3.50. The lowest BCUT2D eigenvalue weighted by Gasteiger charge is -2.58. The Morgan fingerprint density at radius 3 is 2.19 bits per heavy atom. The number of carbonyl (C=O) groups excluding carboxylic acids is 1. The van der Waals surface area contributed by atoms with Crippen LogP contribution in [0.1, 0.15) is 189 Å². The lowest BCUT2D eigenvalue weighted by Crippen LogP contribution is -2.60. The largest absolute Gasteiger partial charge is 0.463 e. The molecule has 0 amide bonds. The highest BCUT2D eigenvalue weighted by Gasteiger charge is 2.59. The number of fused-ring (bicyclic) bond motifs is 5. The Morgan fingerprint density at radius 1 is 0.815 bits per heavy atom. The number of aliphatic hydroxyl groups excluding tert-OH is 3. The van der Waals surface area contributed by atoms with E-state index in [-0.39, 0.29) is 24.1 Å². The topological polar surface area (TPSA) is 105 Å². The molecule has 1 saturated heterocycles. The van der Waals surface area contributed by atoms with E-state index in [9.17, 15) is 20.1 Å². The van der Waals surface area contributed by atoms with Crippen LogP contribution in [0.4, 0.5) is 0 Å². The SMILES string of the molecule is CCCCCCCCCCCCCC(=O)OC[C@H]1O[C@H](OC2CC[C@@]3(C)C(=CCC4C3CC[C@@]3(C)C4CC[C@@H]3[C@H](C)CCCC(C)C)C2)[C@H](O)[C@H](O)[C@H]1O. The fraction of sp³-hybridized carbons (Fsp3) is 0.936. The van der Waals surface area contributed by atoms with Crippen molar-refractivity contribution in [1.29, 1.82) is 0 Å². The van der Waals surface area contributed by atoms with Gasteiger partial charge in [-0.05, 0) is 104 Å². The van der Waals surface area contributed by atoms with Gasteiger partial charge < -0.3 is 29.5 Å². The zero-order valence-electron chi connectivity index (χ0n) is 35.5. The summed E-state index contributed by atoms with van der Waals surface area (Å²) < 4.78 is 18.0. The maximum absolute atomic E-state index is 12.5. The summed E-state index contributed by atoms with van der Waals surface area (Å²) in [5.74, 6) is 4.45. The number of hydrogen-bond acceptors (Lipinski definition) is 7. The minimum atomic E-state index is -1.44. The third kappa shape index (κ3) is 10.7. The molecule has 1 heterocycles. The molecule has 0 spiro atoms. The molecule has 312 valence electrons. The first-order chi connectivity index (χ1) is 25.9. The van der Waals surface area contributed by atoms with Gasteiger partial charge in [0.05, 0.1) is 6.10 Å². The van der Waals surface area contributed by atoms with Crippen LogP contribution in [0.5, 0.6) is 0 Å². The van der Waals surface area contributed by atoms with Crippen molar-refractivity contribution in [3.8, 4) is 0 Å². The third-order valence-electron chi connectivity index (χ3n) is 15.6. The summed E-state index contributed by atoms with van der Waals surface area (Å²) in [6.07, 6.45) is 23.4. The molecule has 0 aromatic carbocycles. The van der Waals surface area contributed by atoms with Gasteiger partial charge in [-0.1, -0.05) is 137 Å². The molecule has 5 rings (SSSR count). The standard InChI is InChI=1S/C47H82O7/c1-7-8-9-10-11-12-13-14-15-16-17-21-41(48)52-31-40-42(49)43(50)44(51)45(54-40)53-35-26-28-46(5)34(30-35)22-23-36-38-25-24-37(33(4)20-18-19-32(2)3)47(38,6)29-27-39(36)46/h22,32-33,35-40,42-45,49-51H,7-21,23-31H2,1-6H3/t33-,35?,36?,37-,38?,39?,40-,42+,43-,44-,45+,46+,47-/m1/s1. The molecule has 0 radical (unpaired) electrons. The fourth-order valence-corrected chi connectivity index (χ4v) is 12.3. The van der Waals surface area contributed by atoms with E-state index >= 15 is 0 Å². The number of unbranched alkanes of at least 4 members (excludes halogenated alkanes) is 10. The summed E-state index contributed by atoms with van der Waals surface area (Å²) in [5, 5.41) is 32.4. The van der Waals surface area contributed by atoms with Gasteiger partial charge in [0.2, 0.25) is 0 Å². The second-order valence-electron chi connectivity index (χ2n) is 19.8. The van der Waals surface area contributed by atoms with Crippen molar-refractivity contribution in [3.63, 3.8) is 0 Å². The summed E-state index contributed by atoms with van der Waals surface area (Å²) >= 11 is 0. The lowest BCUT2D eigenvalue weighted by molar-refractivity contribution is -0.313. The number of allylic oxidation sites excluding steroid dienone is 1. The highest BCUT2D eigenvalue weighted by atomic mass is 16.7. The molecule has 5 aliphatic rings. The second-order valence-corrected chi connectivity index (χ2v) is 19.8. The van der Waals surface area contributed by atoms with E-state index in [1.807, 2.05) is 0 Å². The minimum absolute atomic E-state index is 0.136. The van der Waals surface area contributed by atoms with Gasteiger partial charge in [-0.2, -0.15) is 0 Å². The van der Waals surface area contributed by atoms with E-state index in [1.54, 1.807) is 0 Å². The van der Waals surface area contributed by atoms with Crippen molar-refractivity contribution in [2.45, 2.75) is 226 Å². The molecule has 4 unspecified atom stereocenters. The molecule has 7 heteroatoms. The summed E-state index contributed by atoms with van der Waals surface area (Å²) in [6.45, 7) is 14.5. The van der Waals surface area contributed by atoms with E-state index in [2.05, 4.69) is 47.6 Å². The van der Waals surface area contributed by atoms with Gasteiger partial charge in [0.25, 0.3) is 0 Å². The number of carbonyl (C=O) groups is 1. The maximum atomic E-state index is 12.5. The Hall–Kier alpha value is -0.990. The predicted octanol–water partition coefficient (Wildman–Crippen LogP) is 10.5. The molecule has 0 bridgehead atoms. The van der Waals surface area contributed by atoms with Gasteiger partial charge in [0, 0.05) is 6.42 Å². The van der Waals surface area contributed by atoms with Crippen LogP contribution in [0, 0.1) is 46.3 Å². The molecule has 7 nitrogen and oxygen atoms in total. The van der Waals surface area contributed by atoms with Crippen LogP contribution in [0.3, 0.4) is 0 Å². The van der Waals surface area contributed by atoms with Gasteiger partial charge in [0.1, 0.15) is 31.0 Å². The van der Waals surface area contributed by atoms with Gasteiger partial charge in [-0.25, -0.2) is 0 Å². The molecule has 0 aromatic heterocycles. The Kier molecular flexibility index (Phi) is 16.8. The normalized spacial score (nSPS) is 38.4. The maximum Gasteiger partial charge on any atom is 0.305 e. The third-order valence-corrected chi connectivity index (χ3v) is 15.6. The van der Waals surface area contributed by atoms with Crippen molar-refractivity contribution in [2.24, 2.45) is 46.3 Å². The molecule has 0 aromatic rings. The second kappa shape index (κ2) is 20.6. The molecule has 1 aliphatic heterocycles. The molecular weight excluding hydrogens is 677 g/mol. The van der Waals surface area contributed by atoms with Crippen LogP contribution in [0.15, 0.2) is 11.6 Å². The summed E-state index contributed by atoms with van der Waals surface area (Å²) in [5.41, 5.74) is 2.15. The minimum Gasteiger partial charge on any atom is -0.463 e. The van der Waals surface area contributed by atoms with Crippen LogP contribution in [0.2, 0.25) is 0 Å². The Labute approximate surface area is 330 Å². The van der Waals surface area contributed by atoms with Gasteiger partial charge in [-0.15, -0.1) is 0 Å². The zero-order valence-corrected chi connectivity index (χ0v) is 35.5. The van der Waals surface area contributed by atoms with Crippen molar-refractivity contribution in [3.05, 3.63) is 11.6 Å². The summed E-state index contributed by atoms with van der Waals surface area (Å²) in [4.78, 5) is 12.5. The first kappa shape index (κ1) is 44.1. The van der Waals surface area contributed by atoms with E-state index in [1.165, 1.54) is 102 Å².